The van der Waals surface area contributed by atoms with Crippen molar-refractivity contribution in [3.05, 3.63) is 35.4 Å². The van der Waals surface area contributed by atoms with E-state index in [1.165, 1.54) is 5.56 Å². The molecule has 1 aliphatic rings. The van der Waals surface area contributed by atoms with Gasteiger partial charge in [0, 0.05) is 23.0 Å². The van der Waals surface area contributed by atoms with Gasteiger partial charge in [0.05, 0.1) is 0 Å². The number of thioether (sulfide) groups is 1. The zero-order valence-corrected chi connectivity index (χ0v) is 8.43. The Bertz CT molecular complexity index is 333. The Labute approximate surface area is 82.5 Å². The van der Waals surface area contributed by atoms with Crippen molar-refractivity contribution in [2.75, 3.05) is 5.75 Å². The van der Waals surface area contributed by atoms with Gasteiger partial charge in [-0.25, -0.2) is 0 Å². The number of rotatable bonds is 0. The highest BCUT2D eigenvalue weighted by Gasteiger charge is 2.19. The van der Waals surface area contributed by atoms with Gasteiger partial charge in [-0.1, -0.05) is 24.3 Å². The van der Waals surface area contributed by atoms with Crippen LogP contribution in [-0.2, 0) is 0 Å². The zero-order valence-electron chi connectivity index (χ0n) is 7.62. The fourth-order valence-corrected chi connectivity index (χ4v) is 2.70. The summed E-state index contributed by atoms with van der Waals surface area (Å²) in [5, 5.41) is 0.461. The van der Waals surface area contributed by atoms with Gasteiger partial charge in [0.25, 0.3) is 0 Å². The molecule has 68 valence electrons. The first-order chi connectivity index (χ1) is 6.29. The lowest BCUT2D eigenvalue weighted by molar-refractivity contribution is 0.0989. The van der Waals surface area contributed by atoms with Crippen molar-refractivity contribution in [1.82, 2.24) is 0 Å². The SMILES string of the molecule is CC1SCCC(=O)c2ccccc21. The Morgan fingerprint density at radius 3 is 3.00 bits per heavy atom. The van der Waals surface area contributed by atoms with Crippen LogP contribution in [-0.4, -0.2) is 11.5 Å². The average Bonchev–Trinajstić information content (AvgIpc) is 2.29. The van der Waals surface area contributed by atoms with Crippen LogP contribution in [0.2, 0.25) is 0 Å². The second kappa shape index (κ2) is 3.54. The minimum atomic E-state index is 0.299. The van der Waals surface area contributed by atoms with E-state index in [4.69, 9.17) is 0 Å². The molecule has 1 nitrogen and oxygen atoms in total. The molecule has 0 saturated heterocycles. The predicted octanol–water partition coefficient (Wildman–Crippen LogP) is 3.07. The lowest BCUT2D eigenvalue weighted by Crippen LogP contribution is -2.00. The molecule has 0 radical (unpaired) electrons. The Morgan fingerprint density at radius 1 is 1.38 bits per heavy atom. The number of ketones is 1. The molecule has 1 aromatic rings. The molecule has 0 saturated carbocycles. The summed E-state index contributed by atoms with van der Waals surface area (Å²) in [6.45, 7) is 2.17. The highest BCUT2D eigenvalue weighted by molar-refractivity contribution is 7.99. The van der Waals surface area contributed by atoms with Crippen molar-refractivity contribution < 1.29 is 4.79 Å². The second-order valence-corrected chi connectivity index (χ2v) is 4.72. The third-order valence-electron chi connectivity index (χ3n) is 2.40. The average molecular weight is 192 g/mol. The standard InChI is InChI=1S/C11H12OS/c1-8-9-4-2-3-5-10(9)11(12)6-7-13-8/h2-5,8H,6-7H2,1H3. The molecule has 0 fully saturated rings. The monoisotopic (exact) mass is 192 g/mol. The van der Waals surface area contributed by atoms with Gasteiger partial charge in [-0.15, -0.1) is 0 Å². The fourth-order valence-electron chi connectivity index (χ4n) is 1.66. The van der Waals surface area contributed by atoms with Crippen molar-refractivity contribution in [1.29, 1.82) is 0 Å². The van der Waals surface area contributed by atoms with Crippen LogP contribution in [0.4, 0.5) is 0 Å². The number of carbonyl (C=O) groups is 1. The first-order valence-electron chi connectivity index (χ1n) is 4.53. The Morgan fingerprint density at radius 2 is 2.15 bits per heavy atom. The van der Waals surface area contributed by atoms with Gasteiger partial charge in [-0.05, 0) is 12.5 Å². The number of benzene rings is 1. The zero-order chi connectivity index (χ0) is 9.26. The van der Waals surface area contributed by atoms with Gasteiger partial charge in [0.2, 0.25) is 0 Å². The third-order valence-corrected chi connectivity index (χ3v) is 3.59. The van der Waals surface area contributed by atoms with Crippen LogP contribution in [0.3, 0.4) is 0 Å². The maximum Gasteiger partial charge on any atom is 0.164 e. The van der Waals surface area contributed by atoms with Gasteiger partial charge in [0.1, 0.15) is 0 Å². The highest BCUT2D eigenvalue weighted by Crippen LogP contribution is 2.34. The number of carbonyl (C=O) groups excluding carboxylic acids is 1. The summed E-state index contributed by atoms with van der Waals surface area (Å²) in [7, 11) is 0. The Hall–Kier alpha value is -0.760. The molecular weight excluding hydrogens is 180 g/mol. The number of hydrogen-bond donors (Lipinski definition) is 0. The molecule has 1 atom stereocenters. The summed E-state index contributed by atoms with van der Waals surface area (Å²) in [6, 6.07) is 7.96. The topological polar surface area (TPSA) is 17.1 Å². The molecule has 2 rings (SSSR count). The fraction of sp³-hybridized carbons (Fsp3) is 0.364. The van der Waals surface area contributed by atoms with E-state index >= 15 is 0 Å². The molecule has 13 heavy (non-hydrogen) atoms. The van der Waals surface area contributed by atoms with Crippen LogP contribution in [0.15, 0.2) is 24.3 Å². The van der Waals surface area contributed by atoms with E-state index < -0.39 is 0 Å². The van der Waals surface area contributed by atoms with Crippen LogP contribution in [0.5, 0.6) is 0 Å². The van der Waals surface area contributed by atoms with E-state index in [9.17, 15) is 4.79 Å². The lowest BCUT2D eigenvalue weighted by atomic mass is 10.0. The summed E-state index contributed by atoms with van der Waals surface area (Å²) in [5.41, 5.74) is 2.13. The maximum atomic E-state index is 11.6. The molecule has 2 heteroatoms. The summed E-state index contributed by atoms with van der Waals surface area (Å²) >= 11 is 1.86. The van der Waals surface area contributed by atoms with E-state index in [-0.39, 0.29) is 0 Å². The van der Waals surface area contributed by atoms with Crippen molar-refractivity contribution in [2.45, 2.75) is 18.6 Å². The van der Waals surface area contributed by atoms with Gasteiger partial charge >= 0.3 is 0 Å². The van der Waals surface area contributed by atoms with Crippen LogP contribution in [0, 0.1) is 0 Å². The van der Waals surface area contributed by atoms with Crippen molar-refractivity contribution in [3.63, 3.8) is 0 Å². The van der Waals surface area contributed by atoms with Gasteiger partial charge < -0.3 is 0 Å². The number of hydrogen-bond acceptors (Lipinski definition) is 2. The third kappa shape index (κ3) is 1.63. The van der Waals surface area contributed by atoms with Crippen molar-refractivity contribution in [3.8, 4) is 0 Å². The number of Topliss-reactive ketones (excluding diaryl/α,β-unsaturated/α-hetero) is 1. The number of fused-ring (bicyclic) bond motifs is 1. The van der Waals surface area contributed by atoms with Crippen LogP contribution >= 0.6 is 11.8 Å². The largest absolute Gasteiger partial charge is 0.294 e. The first kappa shape index (κ1) is 8.82. The minimum Gasteiger partial charge on any atom is -0.294 e. The quantitative estimate of drug-likeness (QED) is 0.628. The molecule has 0 N–H and O–H groups in total. The van der Waals surface area contributed by atoms with Crippen molar-refractivity contribution in [2.24, 2.45) is 0 Å². The van der Waals surface area contributed by atoms with E-state index in [1.54, 1.807) is 0 Å². The Balaban J connectivity index is 2.51. The summed E-state index contributed by atoms with van der Waals surface area (Å²) in [5.74, 6) is 1.25. The molecule has 0 spiro atoms. The van der Waals surface area contributed by atoms with Gasteiger partial charge in [-0.3, -0.25) is 4.79 Å². The molecule has 0 aromatic heterocycles. The summed E-state index contributed by atoms with van der Waals surface area (Å²) < 4.78 is 0. The summed E-state index contributed by atoms with van der Waals surface area (Å²) in [6.07, 6.45) is 0.687. The van der Waals surface area contributed by atoms with E-state index in [1.807, 2.05) is 30.0 Å². The van der Waals surface area contributed by atoms with E-state index in [0.717, 1.165) is 11.3 Å². The second-order valence-electron chi connectivity index (χ2n) is 3.27. The maximum absolute atomic E-state index is 11.6. The normalized spacial score (nSPS) is 22.2. The van der Waals surface area contributed by atoms with Crippen molar-refractivity contribution >= 4 is 17.5 Å². The highest BCUT2D eigenvalue weighted by atomic mass is 32.2. The molecular formula is C11H12OS. The van der Waals surface area contributed by atoms with Crippen LogP contribution < -0.4 is 0 Å². The summed E-state index contributed by atoms with van der Waals surface area (Å²) in [4.78, 5) is 11.6. The van der Waals surface area contributed by atoms with Crippen LogP contribution in [0.25, 0.3) is 0 Å². The van der Waals surface area contributed by atoms with Gasteiger partial charge in [0.15, 0.2) is 5.78 Å². The Kier molecular flexibility index (Phi) is 2.40. The smallest absolute Gasteiger partial charge is 0.164 e. The molecule has 1 aromatic carbocycles. The van der Waals surface area contributed by atoms with E-state index in [0.29, 0.717) is 17.5 Å². The molecule has 1 unspecified atom stereocenters. The lowest BCUT2D eigenvalue weighted by Gasteiger charge is -2.09. The van der Waals surface area contributed by atoms with Gasteiger partial charge in [-0.2, -0.15) is 11.8 Å². The molecule has 1 heterocycles. The molecule has 0 amide bonds. The van der Waals surface area contributed by atoms with Crippen LogP contribution in [0.1, 0.15) is 34.5 Å². The predicted molar refractivity (Wildman–Crippen MR) is 56.3 cm³/mol. The molecule has 1 aliphatic heterocycles. The minimum absolute atomic E-state index is 0.299. The van der Waals surface area contributed by atoms with E-state index in [2.05, 4.69) is 13.0 Å². The first-order valence-corrected chi connectivity index (χ1v) is 5.57. The molecule has 0 bridgehead atoms. The molecule has 0 aliphatic carbocycles.